The van der Waals surface area contributed by atoms with E-state index in [1.165, 1.54) is 0 Å². The fraction of sp³-hybridized carbons (Fsp3) is 0.500. The number of benzene rings is 1. The molecule has 1 aromatic carbocycles. The highest BCUT2D eigenvalue weighted by Crippen LogP contribution is 2.30. The van der Waals surface area contributed by atoms with Gasteiger partial charge in [0.05, 0.1) is 13.2 Å². The minimum atomic E-state index is 0.160. The lowest BCUT2D eigenvalue weighted by Crippen LogP contribution is -1.98. The molecule has 1 aromatic rings. The summed E-state index contributed by atoms with van der Waals surface area (Å²) in [6, 6.07) is 5.06. The zero-order valence-electron chi connectivity index (χ0n) is 9.32. The van der Waals surface area contributed by atoms with Crippen molar-refractivity contribution < 1.29 is 14.6 Å². The van der Waals surface area contributed by atoms with Crippen molar-refractivity contribution in [3.05, 3.63) is 18.2 Å². The van der Waals surface area contributed by atoms with E-state index in [2.05, 4.69) is 6.92 Å². The van der Waals surface area contributed by atoms with Gasteiger partial charge in [0.25, 0.3) is 0 Å². The molecule has 0 heterocycles. The van der Waals surface area contributed by atoms with Crippen LogP contribution in [-0.2, 0) is 0 Å². The van der Waals surface area contributed by atoms with Gasteiger partial charge < -0.3 is 14.6 Å². The summed E-state index contributed by atoms with van der Waals surface area (Å²) in [4.78, 5) is 0. The topological polar surface area (TPSA) is 38.7 Å². The monoisotopic (exact) mass is 210 g/mol. The Kier molecular flexibility index (Phi) is 4.81. The Morgan fingerprint density at radius 3 is 2.40 bits per heavy atom. The van der Waals surface area contributed by atoms with Crippen LogP contribution in [0.25, 0.3) is 0 Å². The van der Waals surface area contributed by atoms with E-state index >= 15 is 0 Å². The van der Waals surface area contributed by atoms with E-state index in [0.717, 1.165) is 18.6 Å². The van der Waals surface area contributed by atoms with Gasteiger partial charge in [-0.1, -0.05) is 13.8 Å². The van der Waals surface area contributed by atoms with Crippen LogP contribution in [0.4, 0.5) is 0 Å². The molecule has 1 N–H and O–H groups in total. The second-order valence-electron chi connectivity index (χ2n) is 3.33. The fourth-order valence-electron chi connectivity index (χ4n) is 1.13. The van der Waals surface area contributed by atoms with Crippen molar-refractivity contribution in [1.29, 1.82) is 0 Å². The quantitative estimate of drug-likeness (QED) is 0.784. The Hall–Kier alpha value is -1.38. The highest BCUT2D eigenvalue weighted by Gasteiger charge is 2.04. The molecule has 0 aliphatic carbocycles. The predicted molar refractivity (Wildman–Crippen MR) is 59.7 cm³/mol. The molecule has 0 aliphatic heterocycles. The molecule has 0 bridgehead atoms. The molecule has 0 aromatic heterocycles. The summed E-state index contributed by atoms with van der Waals surface area (Å²) in [5.74, 6) is 1.39. The van der Waals surface area contributed by atoms with Gasteiger partial charge in [0.2, 0.25) is 0 Å². The highest BCUT2D eigenvalue weighted by molar-refractivity contribution is 5.44. The van der Waals surface area contributed by atoms with Crippen LogP contribution in [0.15, 0.2) is 18.2 Å². The Morgan fingerprint density at radius 2 is 1.73 bits per heavy atom. The summed E-state index contributed by atoms with van der Waals surface area (Å²) in [5, 5.41) is 9.51. The molecule has 0 atom stereocenters. The summed E-state index contributed by atoms with van der Waals surface area (Å²) in [7, 11) is 0. The van der Waals surface area contributed by atoms with E-state index < -0.39 is 0 Å². The van der Waals surface area contributed by atoms with Crippen LogP contribution in [0.1, 0.15) is 26.7 Å². The molecule has 0 saturated carbocycles. The first-order chi connectivity index (χ1) is 7.27. The smallest absolute Gasteiger partial charge is 0.164 e. The largest absolute Gasteiger partial charge is 0.504 e. The normalized spacial score (nSPS) is 10.0. The first-order valence-electron chi connectivity index (χ1n) is 5.36. The van der Waals surface area contributed by atoms with Crippen molar-refractivity contribution in [2.75, 3.05) is 13.2 Å². The van der Waals surface area contributed by atoms with E-state index in [1.807, 2.05) is 6.92 Å². The molecular weight excluding hydrogens is 192 g/mol. The Morgan fingerprint density at radius 1 is 1.07 bits per heavy atom. The third kappa shape index (κ3) is 3.70. The first kappa shape index (κ1) is 11.7. The maximum Gasteiger partial charge on any atom is 0.164 e. The van der Waals surface area contributed by atoms with E-state index in [-0.39, 0.29) is 5.75 Å². The van der Waals surface area contributed by atoms with Crippen LogP contribution < -0.4 is 9.47 Å². The lowest BCUT2D eigenvalue weighted by molar-refractivity contribution is 0.289. The van der Waals surface area contributed by atoms with Crippen LogP contribution in [0.3, 0.4) is 0 Å². The molecule has 15 heavy (non-hydrogen) atoms. The molecule has 0 spiro atoms. The van der Waals surface area contributed by atoms with E-state index in [0.29, 0.717) is 19.0 Å². The molecule has 1 rings (SSSR count). The molecule has 0 amide bonds. The second-order valence-corrected chi connectivity index (χ2v) is 3.33. The lowest BCUT2D eigenvalue weighted by atomic mass is 10.3. The van der Waals surface area contributed by atoms with Gasteiger partial charge in [-0.3, -0.25) is 0 Å². The van der Waals surface area contributed by atoms with E-state index in [4.69, 9.17) is 9.47 Å². The molecular formula is C12H18O3. The van der Waals surface area contributed by atoms with Gasteiger partial charge in [0.15, 0.2) is 11.5 Å². The minimum Gasteiger partial charge on any atom is -0.504 e. The molecule has 3 nitrogen and oxygen atoms in total. The van der Waals surface area contributed by atoms with Crippen LogP contribution in [-0.4, -0.2) is 18.3 Å². The third-order valence-electron chi connectivity index (χ3n) is 1.87. The number of phenolic OH excluding ortho intramolecular Hbond substituents is 1. The van der Waals surface area contributed by atoms with Crippen LogP contribution in [0.2, 0.25) is 0 Å². The maximum absolute atomic E-state index is 9.51. The molecule has 0 fully saturated rings. The molecule has 3 heteroatoms. The summed E-state index contributed by atoms with van der Waals surface area (Å²) in [5.41, 5.74) is 0. The van der Waals surface area contributed by atoms with Gasteiger partial charge in [-0.05, 0) is 25.0 Å². The van der Waals surface area contributed by atoms with Crippen molar-refractivity contribution >= 4 is 0 Å². The maximum atomic E-state index is 9.51. The highest BCUT2D eigenvalue weighted by atomic mass is 16.5. The number of phenols is 1. The van der Waals surface area contributed by atoms with Crippen molar-refractivity contribution in [3.8, 4) is 17.2 Å². The standard InChI is InChI=1S/C12H18O3/c1-3-7-14-10-5-6-11(13)12(9-10)15-8-4-2/h5-6,9,13H,3-4,7-8H2,1-2H3. The SMILES string of the molecule is CCCOc1ccc(O)c(OCCC)c1. The van der Waals surface area contributed by atoms with Gasteiger partial charge in [0, 0.05) is 6.07 Å². The zero-order valence-corrected chi connectivity index (χ0v) is 9.32. The van der Waals surface area contributed by atoms with Crippen LogP contribution in [0.5, 0.6) is 17.2 Å². The van der Waals surface area contributed by atoms with Gasteiger partial charge >= 0.3 is 0 Å². The number of hydrogen-bond acceptors (Lipinski definition) is 3. The first-order valence-corrected chi connectivity index (χ1v) is 5.36. The van der Waals surface area contributed by atoms with E-state index in [1.54, 1.807) is 18.2 Å². The van der Waals surface area contributed by atoms with Crippen molar-refractivity contribution in [3.63, 3.8) is 0 Å². The van der Waals surface area contributed by atoms with Crippen LogP contribution >= 0.6 is 0 Å². The number of ether oxygens (including phenoxy) is 2. The Labute approximate surface area is 90.6 Å². The van der Waals surface area contributed by atoms with Gasteiger partial charge in [-0.25, -0.2) is 0 Å². The van der Waals surface area contributed by atoms with Crippen molar-refractivity contribution in [2.24, 2.45) is 0 Å². The Balaban J connectivity index is 2.66. The van der Waals surface area contributed by atoms with Crippen molar-refractivity contribution in [2.45, 2.75) is 26.7 Å². The summed E-state index contributed by atoms with van der Waals surface area (Å²) in [6.45, 7) is 5.35. The average Bonchev–Trinajstić information content (AvgIpc) is 2.26. The second kappa shape index (κ2) is 6.17. The average molecular weight is 210 g/mol. The molecule has 0 unspecified atom stereocenters. The summed E-state index contributed by atoms with van der Waals surface area (Å²) < 4.78 is 10.8. The Bertz CT molecular complexity index is 297. The lowest BCUT2D eigenvalue weighted by Gasteiger charge is -2.09. The summed E-state index contributed by atoms with van der Waals surface area (Å²) >= 11 is 0. The molecule has 0 saturated heterocycles. The van der Waals surface area contributed by atoms with Gasteiger partial charge in [0.1, 0.15) is 5.75 Å². The van der Waals surface area contributed by atoms with Gasteiger partial charge in [-0.15, -0.1) is 0 Å². The van der Waals surface area contributed by atoms with Gasteiger partial charge in [-0.2, -0.15) is 0 Å². The van der Waals surface area contributed by atoms with Crippen LogP contribution in [0, 0.1) is 0 Å². The van der Waals surface area contributed by atoms with Crippen molar-refractivity contribution in [1.82, 2.24) is 0 Å². The predicted octanol–water partition coefficient (Wildman–Crippen LogP) is 2.97. The third-order valence-corrected chi connectivity index (χ3v) is 1.87. The number of rotatable bonds is 6. The number of hydrogen-bond donors (Lipinski definition) is 1. The fourth-order valence-corrected chi connectivity index (χ4v) is 1.13. The zero-order chi connectivity index (χ0) is 11.1. The van der Waals surface area contributed by atoms with E-state index in [9.17, 15) is 5.11 Å². The molecule has 0 radical (unpaired) electrons. The molecule has 84 valence electrons. The molecule has 0 aliphatic rings. The number of aromatic hydroxyl groups is 1. The summed E-state index contributed by atoms with van der Waals surface area (Å²) in [6.07, 6.45) is 1.88. The minimum absolute atomic E-state index is 0.160.